The Morgan fingerprint density at radius 2 is 2.50 bits per heavy atom. The van der Waals surface area contributed by atoms with E-state index in [4.69, 9.17) is 11.6 Å². The third kappa shape index (κ3) is 0.904. The Hall–Kier alpha value is -0.570. The zero-order valence-corrected chi connectivity index (χ0v) is 6.25. The van der Waals surface area contributed by atoms with Gasteiger partial charge in [0.2, 0.25) is 0 Å². The van der Waals surface area contributed by atoms with E-state index in [0.29, 0.717) is 11.9 Å². The average molecular weight is 158 g/mol. The molecule has 1 aromatic rings. The predicted octanol–water partition coefficient (Wildman–Crippen LogP) is 1.35. The van der Waals surface area contributed by atoms with E-state index in [1.807, 2.05) is 4.68 Å². The maximum Gasteiger partial charge on any atom is 0.142 e. The number of rotatable bonds is 2. The number of nitrogens with zero attached hydrogens (tertiary/aromatic N) is 3. The fourth-order valence-corrected chi connectivity index (χ4v) is 1.19. The SMILES string of the molecule is ClCc1ncnn1C1CC1. The second kappa shape index (κ2) is 2.23. The largest absolute Gasteiger partial charge is 0.246 e. The van der Waals surface area contributed by atoms with Crippen LogP contribution in [0.2, 0.25) is 0 Å². The molecule has 0 unspecified atom stereocenters. The fourth-order valence-electron chi connectivity index (χ4n) is 0.994. The molecule has 54 valence electrons. The van der Waals surface area contributed by atoms with Crippen LogP contribution in [-0.4, -0.2) is 14.8 Å². The Morgan fingerprint density at radius 3 is 3.10 bits per heavy atom. The van der Waals surface area contributed by atoms with Gasteiger partial charge in [-0.05, 0) is 12.8 Å². The van der Waals surface area contributed by atoms with Gasteiger partial charge in [-0.2, -0.15) is 5.10 Å². The Morgan fingerprint density at radius 1 is 1.70 bits per heavy atom. The van der Waals surface area contributed by atoms with E-state index in [1.165, 1.54) is 12.8 Å². The molecule has 0 aliphatic heterocycles. The maximum absolute atomic E-state index is 5.62. The van der Waals surface area contributed by atoms with Gasteiger partial charge in [0.05, 0.1) is 11.9 Å². The van der Waals surface area contributed by atoms with Crippen molar-refractivity contribution in [3.63, 3.8) is 0 Å². The second-order valence-electron chi connectivity index (χ2n) is 2.49. The Bertz CT molecular complexity index is 229. The van der Waals surface area contributed by atoms with Gasteiger partial charge in [0.15, 0.2) is 0 Å². The highest BCUT2D eigenvalue weighted by Crippen LogP contribution is 2.34. The number of alkyl halides is 1. The van der Waals surface area contributed by atoms with Crippen LogP contribution in [0.4, 0.5) is 0 Å². The molecule has 0 spiro atoms. The number of halogens is 1. The molecule has 1 aliphatic carbocycles. The minimum atomic E-state index is 0.469. The van der Waals surface area contributed by atoms with Crippen molar-refractivity contribution in [3.05, 3.63) is 12.2 Å². The summed E-state index contributed by atoms with van der Waals surface area (Å²) in [6.45, 7) is 0. The summed E-state index contributed by atoms with van der Waals surface area (Å²) in [5, 5.41) is 4.07. The monoisotopic (exact) mass is 157 g/mol. The van der Waals surface area contributed by atoms with Gasteiger partial charge in [-0.3, -0.25) is 0 Å². The van der Waals surface area contributed by atoms with E-state index >= 15 is 0 Å². The van der Waals surface area contributed by atoms with Gasteiger partial charge < -0.3 is 0 Å². The first-order valence-electron chi connectivity index (χ1n) is 3.36. The number of hydrogen-bond donors (Lipinski definition) is 0. The summed E-state index contributed by atoms with van der Waals surface area (Å²) in [6, 6.07) is 0.594. The molecule has 0 atom stereocenters. The lowest BCUT2D eigenvalue weighted by atomic mass is 10.6. The average Bonchev–Trinajstić information content (AvgIpc) is 2.69. The summed E-state index contributed by atoms with van der Waals surface area (Å²) >= 11 is 5.62. The summed E-state index contributed by atoms with van der Waals surface area (Å²) in [5.74, 6) is 1.36. The van der Waals surface area contributed by atoms with Crippen molar-refractivity contribution >= 4 is 11.6 Å². The molecule has 0 amide bonds. The topological polar surface area (TPSA) is 30.7 Å². The van der Waals surface area contributed by atoms with Crippen molar-refractivity contribution in [2.24, 2.45) is 0 Å². The lowest BCUT2D eigenvalue weighted by Crippen LogP contribution is -2.00. The van der Waals surface area contributed by atoms with Crippen LogP contribution in [0.3, 0.4) is 0 Å². The van der Waals surface area contributed by atoms with Crippen LogP contribution < -0.4 is 0 Å². The molecule has 2 rings (SSSR count). The van der Waals surface area contributed by atoms with Crippen molar-refractivity contribution in [2.45, 2.75) is 24.8 Å². The van der Waals surface area contributed by atoms with Gasteiger partial charge >= 0.3 is 0 Å². The van der Waals surface area contributed by atoms with E-state index in [2.05, 4.69) is 10.1 Å². The first-order chi connectivity index (χ1) is 4.92. The summed E-state index contributed by atoms with van der Waals surface area (Å²) in [5.41, 5.74) is 0. The predicted molar refractivity (Wildman–Crippen MR) is 37.9 cm³/mol. The third-order valence-electron chi connectivity index (χ3n) is 1.66. The molecule has 1 aliphatic rings. The van der Waals surface area contributed by atoms with Crippen LogP contribution in [0.25, 0.3) is 0 Å². The molecule has 1 aromatic heterocycles. The Balaban J connectivity index is 2.28. The normalized spacial score (nSPS) is 17.7. The van der Waals surface area contributed by atoms with Crippen molar-refractivity contribution in [1.29, 1.82) is 0 Å². The molecular formula is C6H8ClN3. The van der Waals surface area contributed by atoms with Gasteiger partial charge in [-0.25, -0.2) is 9.67 Å². The molecule has 0 radical (unpaired) electrons. The van der Waals surface area contributed by atoms with E-state index in [9.17, 15) is 0 Å². The summed E-state index contributed by atoms with van der Waals surface area (Å²) < 4.78 is 1.92. The lowest BCUT2D eigenvalue weighted by molar-refractivity contribution is 0.614. The van der Waals surface area contributed by atoms with Gasteiger partial charge in [0.25, 0.3) is 0 Å². The van der Waals surface area contributed by atoms with E-state index in [-0.39, 0.29) is 0 Å². The van der Waals surface area contributed by atoms with Crippen molar-refractivity contribution in [1.82, 2.24) is 14.8 Å². The highest BCUT2D eigenvalue weighted by Gasteiger charge is 2.26. The number of hydrogen-bond acceptors (Lipinski definition) is 2. The van der Waals surface area contributed by atoms with Gasteiger partial charge in [0.1, 0.15) is 12.2 Å². The first-order valence-corrected chi connectivity index (χ1v) is 3.89. The van der Waals surface area contributed by atoms with Crippen molar-refractivity contribution < 1.29 is 0 Å². The Labute approximate surface area is 64.0 Å². The van der Waals surface area contributed by atoms with Crippen molar-refractivity contribution in [3.8, 4) is 0 Å². The van der Waals surface area contributed by atoms with Crippen LogP contribution in [0.1, 0.15) is 24.7 Å². The van der Waals surface area contributed by atoms with Crippen molar-refractivity contribution in [2.75, 3.05) is 0 Å². The van der Waals surface area contributed by atoms with Crippen LogP contribution in [0, 0.1) is 0 Å². The highest BCUT2D eigenvalue weighted by atomic mass is 35.5. The van der Waals surface area contributed by atoms with Crippen LogP contribution in [0.5, 0.6) is 0 Å². The molecule has 1 fully saturated rings. The highest BCUT2D eigenvalue weighted by molar-refractivity contribution is 6.16. The summed E-state index contributed by atoms with van der Waals surface area (Å²) in [7, 11) is 0. The standard InChI is InChI=1S/C6H8ClN3/c7-3-6-8-4-9-10(6)5-1-2-5/h4-5H,1-3H2. The smallest absolute Gasteiger partial charge is 0.142 e. The zero-order chi connectivity index (χ0) is 6.97. The van der Waals surface area contributed by atoms with Gasteiger partial charge in [-0.1, -0.05) is 0 Å². The Kier molecular flexibility index (Phi) is 1.38. The molecule has 0 bridgehead atoms. The molecule has 1 saturated carbocycles. The summed E-state index contributed by atoms with van der Waals surface area (Å²) in [6.07, 6.45) is 4.02. The molecule has 1 heterocycles. The zero-order valence-electron chi connectivity index (χ0n) is 5.50. The van der Waals surface area contributed by atoms with E-state index < -0.39 is 0 Å². The minimum Gasteiger partial charge on any atom is -0.246 e. The van der Waals surface area contributed by atoms with Gasteiger partial charge in [-0.15, -0.1) is 11.6 Å². The number of aromatic nitrogens is 3. The molecule has 0 saturated heterocycles. The third-order valence-corrected chi connectivity index (χ3v) is 1.90. The molecular weight excluding hydrogens is 150 g/mol. The first kappa shape index (κ1) is 6.16. The molecule has 4 heteroatoms. The van der Waals surface area contributed by atoms with E-state index in [0.717, 1.165) is 5.82 Å². The van der Waals surface area contributed by atoms with Crippen LogP contribution >= 0.6 is 11.6 Å². The molecule has 0 N–H and O–H groups in total. The van der Waals surface area contributed by atoms with Crippen LogP contribution in [-0.2, 0) is 5.88 Å². The quantitative estimate of drug-likeness (QED) is 0.607. The maximum atomic E-state index is 5.62. The molecule has 10 heavy (non-hydrogen) atoms. The lowest BCUT2D eigenvalue weighted by Gasteiger charge is -1.97. The fraction of sp³-hybridized carbons (Fsp3) is 0.667. The summed E-state index contributed by atoms with van der Waals surface area (Å²) in [4.78, 5) is 4.02. The molecule has 3 nitrogen and oxygen atoms in total. The van der Waals surface area contributed by atoms with Gasteiger partial charge in [0, 0.05) is 0 Å². The van der Waals surface area contributed by atoms with E-state index in [1.54, 1.807) is 6.33 Å². The second-order valence-corrected chi connectivity index (χ2v) is 2.75. The molecule has 0 aromatic carbocycles. The van der Waals surface area contributed by atoms with Crippen LogP contribution in [0.15, 0.2) is 6.33 Å². The minimum absolute atomic E-state index is 0.469.